The number of benzene rings is 1. The third-order valence-electron chi connectivity index (χ3n) is 4.11. The summed E-state index contributed by atoms with van der Waals surface area (Å²) in [4.78, 5) is 6.67. The highest BCUT2D eigenvalue weighted by molar-refractivity contribution is 6.30. The lowest BCUT2D eigenvalue weighted by molar-refractivity contribution is 0.190. The third-order valence-corrected chi connectivity index (χ3v) is 4.36. The normalized spacial score (nSPS) is 18.8. The van der Waals surface area contributed by atoms with Crippen molar-refractivity contribution in [2.24, 2.45) is 0 Å². The van der Waals surface area contributed by atoms with Crippen molar-refractivity contribution in [3.8, 4) is 22.9 Å². The molecule has 1 unspecified atom stereocenters. The van der Waals surface area contributed by atoms with Crippen molar-refractivity contribution < 1.29 is 9.05 Å². The maximum Gasteiger partial charge on any atom is 0.280 e. The standard InChI is InChI=1S/C16H16ClN5O2/c1-22-7-6-18-9-13(22)15-19-16(24-21-15)12-8-14(23-20-12)10-2-4-11(17)5-3-10/h2-5,8,13,18H,6-7,9H2,1H3. The van der Waals surface area contributed by atoms with Crippen LogP contribution in [0.5, 0.6) is 0 Å². The van der Waals surface area contributed by atoms with Crippen LogP contribution >= 0.6 is 11.6 Å². The van der Waals surface area contributed by atoms with Crippen molar-refractivity contribution in [3.63, 3.8) is 0 Å². The van der Waals surface area contributed by atoms with Gasteiger partial charge in [0.15, 0.2) is 17.3 Å². The number of hydrogen-bond donors (Lipinski definition) is 1. The molecule has 1 aliphatic rings. The predicted octanol–water partition coefficient (Wildman–Crippen LogP) is 2.62. The van der Waals surface area contributed by atoms with Crippen LogP contribution in [0.1, 0.15) is 11.9 Å². The average molecular weight is 346 g/mol. The van der Waals surface area contributed by atoms with Gasteiger partial charge in [-0.05, 0) is 31.3 Å². The monoisotopic (exact) mass is 345 g/mol. The van der Waals surface area contributed by atoms with Crippen LogP contribution in [0.4, 0.5) is 0 Å². The molecule has 1 saturated heterocycles. The minimum Gasteiger partial charge on any atom is -0.355 e. The van der Waals surface area contributed by atoms with E-state index >= 15 is 0 Å². The highest BCUT2D eigenvalue weighted by Gasteiger charge is 2.26. The molecule has 24 heavy (non-hydrogen) atoms. The van der Waals surface area contributed by atoms with Gasteiger partial charge in [-0.15, -0.1) is 0 Å². The molecular formula is C16H16ClN5O2. The van der Waals surface area contributed by atoms with Gasteiger partial charge >= 0.3 is 0 Å². The van der Waals surface area contributed by atoms with Gasteiger partial charge in [-0.2, -0.15) is 4.98 Å². The summed E-state index contributed by atoms with van der Waals surface area (Å²) in [5.74, 6) is 1.63. The molecule has 2 aromatic heterocycles. The van der Waals surface area contributed by atoms with E-state index in [0.29, 0.717) is 28.2 Å². The molecule has 1 N–H and O–H groups in total. The second-order valence-corrected chi connectivity index (χ2v) is 6.18. The number of rotatable bonds is 3. The Bertz CT molecular complexity index is 829. The van der Waals surface area contributed by atoms with Crippen molar-refractivity contribution in [1.29, 1.82) is 0 Å². The van der Waals surface area contributed by atoms with E-state index < -0.39 is 0 Å². The van der Waals surface area contributed by atoms with Crippen LogP contribution in [-0.2, 0) is 0 Å². The maximum absolute atomic E-state index is 5.90. The van der Waals surface area contributed by atoms with Crippen LogP contribution in [0, 0.1) is 0 Å². The zero-order valence-corrected chi connectivity index (χ0v) is 13.8. The van der Waals surface area contributed by atoms with Crippen LogP contribution in [0.2, 0.25) is 5.02 Å². The molecule has 1 atom stereocenters. The topological polar surface area (TPSA) is 80.2 Å². The molecule has 1 aromatic carbocycles. The zero-order valence-electron chi connectivity index (χ0n) is 13.1. The maximum atomic E-state index is 5.90. The summed E-state index contributed by atoms with van der Waals surface area (Å²) in [6.07, 6.45) is 0. The Kier molecular flexibility index (Phi) is 4.05. The first-order chi connectivity index (χ1) is 11.7. The lowest BCUT2D eigenvalue weighted by Gasteiger charge is -2.30. The van der Waals surface area contributed by atoms with Crippen molar-refractivity contribution in [2.45, 2.75) is 6.04 Å². The Morgan fingerprint density at radius 1 is 1.21 bits per heavy atom. The smallest absolute Gasteiger partial charge is 0.280 e. The Morgan fingerprint density at radius 2 is 2.04 bits per heavy atom. The number of hydrogen-bond acceptors (Lipinski definition) is 7. The Morgan fingerprint density at radius 3 is 2.83 bits per heavy atom. The molecule has 0 aliphatic carbocycles. The van der Waals surface area contributed by atoms with Gasteiger partial charge in [-0.1, -0.05) is 21.9 Å². The van der Waals surface area contributed by atoms with Gasteiger partial charge in [0.1, 0.15) is 0 Å². The molecule has 0 saturated carbocycles. The van der Waals surface area contributed by atoms with E-state index in [-0.39, 0.29) is 6.04 Å². The predicted molar refractivity (Wildman–Crippen MR) is 88.5 cm³/mol. The first-order valence-electron chi connectivity index (χ1n) is 7.68. The average Bonchev–Trinajstić information content (AvgIpc) is 3.25. The van der Waals surface area contributed by atoms with Crippen molar-refractivity contribution in [1.82, 2.24) is 25.5 Å². The van der Waals surface area contributed by atoms with E-state index in [0.717, 1.165) is 25.2 Å². The highest BCUT2D eigenvalue weighted by Crippen LogP contribution is 2.27. The molecule has 8 heteroatoms. The van der Waals surface area contributed by atoms with Crippen molar-refractivity contribution >= 4 is 11.6 Å². The first-order valence-corrected chi connectivity index (χ1v) is 8.06. The molecule has 0 bridgehead atoms. The Balaban J connectivity index is 1.58. The molecule has 4 rings (SSSR count). The summed E-state index contributed by atoms with van der Waals surface area (Å²) in [6.45, 7) is 2.70. The van der Waals surface area contributed by atoms with E-state index in [9.17, 15) is 0 Å². The largest absolute Gasteiger partial charge is 0.355 e. The summed E-state index contributed by atoms with van der Waals surface area (Å²) < 4.78 is 10.7. The third kappa shape index (κ3) is 2.93. The highest BCUT2D eigenvalue weighted by atomic mass is 35.5. The van der Waals surface area contributed by atoms with Gasteiger partial charge in [0, 0.05) is 36.3 Å². The van der Waals surface area contributed by atoms with Crippen molar-refractivity contribution in [2.75, 3.05) is 26.7 Å². The molecule has 0 radical (unpaired) electrons. The summed E-state index contributed by atoms with van der Waals surface area (Å²) in [5, 5.41) is 12.1. The van der Waals surface area contributed by atoms with E-state index in [1.54, 1.807) is 18.2 Å². The Hall–Kier alpha value is -2.22. The molecule has 0 amide bonds. The summed E-state index contributed by atoms with van der Waals surface area (Å²) in [5.41, 5.74) is 1.40. The second-order valence-electron chi connectivity index (χ2n) is 5.74. The minimum atomic E-state index is 0.0962. The van der Waals surface area contributed by atoms with Crippen LogP contribution in [0.25, 0.3) is 22.9 Å². The molecule has 0 spiro atoms. The van der Waals surface area contributed by atoms with Crippen LogP contribution in [-0.4, -0.2) is 46.9 Å². The lowest BCUT2D eigenvalue weighted by Crippen LogP contribution is -2.44. The van der Waals surface area contributed by atoms with E-state index in [1.165, 1.54) is 0 Å². The number of piperazine rings is 1. The molecule has 1 aliphatic heterocycles. The lowest BCUT2D eigenvalue weighted by atomic mass is 10.1. The first kappa shape index (κ1) is 15.3. The molecule has 7 nitrogen and oxygen atoms in total. The number of nitrogens with one attached hydrogen (secondary N) is 1. The molecule has 124 valence electrons. The van der Waals surface area contributed by atoms with Gasteiger partial charge in [0.05, 0.1) is 6.04 Å². The molecule has 1 fully saturated rings. The number of likely N-dealkylation sites (N-methyl/N-ethyl adjacent to an activating group) is 1. The molecule has 3 aromatic rings. The van der Waals surface area contributed by atoms with E-state index in [4.69, 9.17) is 20.6 Å². The van der Waals surface area contributed by atoms with Crippen LogP contribution in [0.15, 0.2) is 39.4 Å². The Labute approximate surface area is 143 Å². The van der Waals surface area contributed by atoms with Gasteiger partial charge in [-0.3, -0.25) is 4.90 Å². The minimum absolute atomic E-state index is 0.0962. The quantitative estimate of drug-likeness (QED) is 0.781. The summed E-state index contributed by atoms with van der Waals surface area (Å²) in [6, 6.07) is 9.22. The van der Waals surface area contributed by atoms with E-state index in [1.807, 2.05) is 12.1 Å². The number of halogens is 1. The zero-order chi connectivity index (χ0) is 16.5. The van der Waals surface area contributed by atoms with Crippen LogP contribution in [0.3, 0.4) is 0 Å². The fourth-order valence-corrected chi connectivity index (χ4v) is 2.82. The second kappa shape index (κ2) is 6.35. The van der Waals surface area contributed by atoms with Crippen molar-refractivity contribution in [3.05, 3.63) is 41.2 Å². The van der Waals surface area contributed by atoms with Gasteiger partial charge in [-0.25, -0.2) is 0 Å². The SMILES string of the molecule is CN1CCNCC1c1noc(-c2cc(-c3ccc(Cl)cc3)on2)n1. The molecule has 3 heterocycles. The fourth-order valence-electron chi connectivity index (χ4n) is 2.69. The van der Waals surface area contributed by atoms with Gasteiger partial charge in [0.25, 0.3) is 5.89 Å². The fraction of sp³-hybridized carbons (Fsp3) is 0.312. The van der Waals surface area contributed by atoms with E-state index in [2.05, 4.69) is 32.6 Å². The molecular weight excluding hydrogens is 330 g/mol. The number of aromatic nitrogens is 3. The number of nitrogens with zero attached hydrogens (tertiary/aromatic N) is 4. The summed E-state index contributed by atoms with van der Waals surface area (Å²) in [7, 11) is 2.05. The van der Waals surface area contributed by atoms with Gasteiger partial charge < -0.3 is 14.4 Å². The van der Waals surface area contributed by atoms with Crippen LogP contribution < -0.4 is 5.32 Å². The van der Waals surface area contributed by atoms with Gasteiger partial charge in [0.2, 0.25) is 0 Å². The summed E-state index contributed by atoms with van der Waals surface area (Å²) >= 11 is 5.90.